The smallest absolute Gasteiger partial charge is 0.437 e. The highest BCUT2D eigenvalue weighted by Crippen LogP contribution is 2.25. The number of methoxy groups -OCH3 is 1. The Bertz CT molecular complexity index is 437. The summed E-state index contributed by atoms with van der Waals surface area (Å²) in [5.74, 6) is 0.574. The maximum atomic E-state index is 11.4. The molecule has 0 heterocycles. The van der Waals surface area contributed by atoms with E-state index in [2.05, 4.69) is 15.3 Å². The molecule has 1 aromatic rings. The number of hydrogen-bond donors (Lipinski definition) is 1. The van der Waals surface area contributed by atoms with Crippen LogP contribution in [-0.2, 0) is 4.84 Å². The predicted molar refractivity (Wildman–Crippen MR) is 66.6 cm³/mol. The molecule has 0 fully saturated rings. The number of amides is 1. The van der Waals surface area contributed by atoms with E-state index in [-0.39, 0.29) is 0 Å². The first kappa shape index (κ1) is 13.0. The number of nitrogens with zero attached hydrogens (tertiary/aromatic N) is 1. The Kier molecular flexibility index (Phi) is 4.51. The van der Waals surface area contributed by atoms with E-state index in [0.717, 1.165) is 5.56 Å². The number of anilines is 1. The number of aryl methyl sites for hydroxylation is 1. The number of benzene rings is 1. The largest absolute Gasteiger partial charge is 0.495 e. The summed E-state index contributed by atoms with van der Waals surface area (Å²) in [6.07, 6.45) is -0.643. The van der Waals surface area contributed by atoms with Crippen molar-refractivity contribution in [3.63, 3.8) is 0 Å². The molecule has 0 bridgehead atoms. The van der Waals surface area contributed by atoms with Gasteiger partial charge in [0.15, 0.2) is 0 Å². The van der Waals surface area contributed by atoms with Gasteiger partial charge in [0.05, 0.1) is 18.5 Å². The van der Waals surface area contributed by atoms with Crippen molar-refractivity contribution in [2.45, 2.75) is 20.8 Å². The Morgan fingerprint density at radius 1 is 1.35 bits per heavy atom. The molecule has 0 aliphatic carbocycles. The Labute approximate surface area is 100 Å². The molecule has 0 radical (unpaired) electrons. The number of nitrogens with one attached hydrogen (secondary N) is 1. The molecule has 1 N–H and O–H groups in total. The summed E-state index contributed by atoms with van der Waals surface area (Å²) in [6, 6.07) is 5.46. The lowest BCUT2D eigenvalue weighted by molar-refractivity contribution is 0.166. The van der Waals surface area contributed by atoms with Crippen LogP contribution < -0.4 is 10.1 Å². The maximum Gasteiger partial charge on any atom is 0.437 e. The Morgan fingerprint density at radius 2 is 2.06 bits per heavy atom. The average Bonchev–Trinajstić information content (AvgIpc) is 2.27. The Balaban J connectivity index is 2.76. The van der Waals surface area contributed by atoms with Gasteiger partial charge >= 0.3 is 6.09 Å². The summed E-state index contributed by atoms with van der Waals surface area (Å²) >= 11 is 0. The average molecular weight is 236 g/mol. The molecule has 0 atom stereocenters. The molecule has 0 unspecified atom stereocenters. The number of hydrogen-bond acceptors (Lipinski definition) is 4. The highest BCUT2D eigenvalue weighted by atomic mass is 16.7. The molecular weight excluding hydrogens is 220 g/mol. The molecule has 0 aliphatic rings. The van der Waals surface area contributed by atoms with Gasteiger partial charge in [0.25, 0.3) is 0 Å². The minimum atomic E-state index is -0.643. The molecular formula is C12H16N2O3. The lowest BCUT2D eigenvalue weighted by Crippen LogP contribution is -2.12. The fraction of sp³-hybridized carbons (Fsp3) is 0.333. The molecule has 1 aromatic carbocycles. The second-order valence-electron chi connectivity index (χ2n) is 3.75. The van der Waals surface area contributed by atoms with Gasteiger partial charge in [-0.3, -0.25) is 10.2 Å². The van der Waals surface area contributed by atoms with Crippen LogP contribution in [0.25, 0.3) is 0 Å². The van der Waals surface area contributed by atoms with Crippen LogP contribution in [-0.4, -0.2) is 18.9 Å². The van der Waals surface area contributed by atoms with Crippen molar-refractivity contribution < 1.29 is 14.4 Å². The zero-order chi connectivity index (χ0) is 12.8. The molecule has 0 saturated heterocycles. The topological polar surface area (TPSA) is 59.9 Å². The van der Waals surface area contributed by atoms with Crippen LogP contribution in [0.1, 0.15) is 19.4 Å². The lowest BCUT2D eigenvalue weighted by atomic mass is 10.2. The number of ether oxygens (including phenoxy) is 1. The summed E-state index contributed by atoms with van der Waals surface area (Å²) in [4.78, 5) is 16.0. The highest BCUT2D eigenvalue weighted by Gasteiger charge is 2.08. The fourth-order valence-electron chi connectivity index (χ4n) is 1.19. The molecule has 1 amide bonds. The first-order valence-electron chi connectivity index (χ1n) is 5.16. The molecule has 17 heavy (non-hydrogen) atoms. The van der Waals surface area contributed by atoms with Crippen molar-refractivity contribution in [3.05, 3.63) is 23.8 Å². The molecule has 1 rings (SSSR count). The summed E-state index contributed by atoms with van der Waals surface area (Å²) in [5.41, 5.74) is 2.23. The normalized spacial score (nSPS) is 9.41. The zero-order valence-corrected chi connectivity index (χ0v) is 10.4. The molecule has 0 spiro atoms. The van der Waals surface area contributed by atoms with Gasteiger partial charge in [-0.2, -0.15) is 0 Å². The zero-order valence-electron chi connectivity index (χ0n) is 10.4. The summed E-state index contributed by atoms with van der Waals surface area (Å²) in [7, 11) is 1.54. The summed E-state index contributed by atoms with van der Waals surface area (Å²) in [6.45, 7) is 5.39. The lowest BCUT2D eigenvalue weighted by Gasteiger charge is -2.09. The van der Waals surface area contributed by atoms with Crippen molar-refractivity contribution in [1.29, 1.82) is 0 Å². The van der Waals surface area contributed by atoms with Crippen LogP contribution in [0.3, 0.4) is 0 Å². The number of oxime groups is 1. The number of rotatable bonds is 3. The molecule has 5 heteroatoms. The molecule has 0 aromatic heterocycles. The first-order valence-corrected chi connectivity index (χ1v) is 5.16. The van der Waals surface area contributed by atoms with E-state index in [9.17, 15) is 4.79 Å². The van der Waals surface area contributed by atoms with Gasteiger partial charge in [-0.25, -0.2) is 4.79 Å². The van der Waals surface area contributed by atoms with Gasteiger partial charge in [-0.1, -0.05) is 11.2 Å². The Morgan fingerprint density at radius 3 is 2.65 bits per heavy atom. The third-order valence-electron chi connectivity index (χ3n) is 1.90. The van der Waals surface area contributed by atoms with E-state index in [1.165, 1.54) is 7.11 Å². The predicted octanol–water partition coefficient (Wildman–Crippen LogP) is 2.95. The van der Waals surface area contributed by atoms with Crippen molar-refractivity contribution in [3.8, 4) is 5.75 Å². The molecule has 5 nitrogen and oxygen atoms in total. The minimum Gasteiger partial charge on any atom is -0.495 e. The van der Waals surface area contributed by atoms with Crippen molar-refractivity contribution in [1.82, 2.24) is 0 Å². The van der Waals surface area contributed by atoms with E-state index in [0.29, 0.717) is 17.1 Å². The third kappa shape index (κ3) is 4.14. The number of carbonyl (C=O) groups is 1. The maximum absolute atomic E-state index is 11.4. The van der Waals surface area contributed by atoms with E-state index < -0.39 is 6.09 Å². The second kappa shape index (κ2) is 5.89. The van der Waals surface area contributed by atoms with E-state index in [1.54, 1.807) is 26.0 Å². The van der Waals surface area contributed by atoms with Crippen LogP contribution in [0.5, 0.6) is 5.75 Å². The van der Waals surface area contributed by atoms with Gasteiger partial charge < -0.3 is 4.74 Å². The van der Waals surface area contributed by atoms with Gasteiger partial charge in [-0.15, -0.1) is 0 Å². The monoisotopic (exact) mass is 236 g/mol. The number of carbonyl (C=O) groups excluding carboxylic acids is 1. The summed E-state index contributed by atoms with van der Waals surface area (Å²) in [5, 5.41) is 6.13. The van der Waals surface area contributed by atoms with Crippen molar-refractivity contribution in [2.24, 2.45) is 5.16 Å². The minimum absolute atomic E-state index is 0.557. The van der Waals surface area contributed by atoms with Crippen molar-refractivity contribution >= 4 is 17.5 Å². The highest BCUT2D eigenvalue weighted by molar-refractivity contribution is 5.87. The van der Waals surface area contributed by atoms with E-state index >= 15 is 0 Å². The van der Waals surface area contributed by atoms with Crippen LogP contribution in [0.4, 0.5) is 10.5 Å². The molecule has 0 saturated carbocycles. The second-order valence-corrected chi connectivity index (χ2v) is 3.75. The quantitative estimate of drug-likeness (QED) is 0.498. The standard InChI is InChI=1S/C12H16N2O3/c1-8(2)14-17-12(15)13-10-7-9(3)5-6-11(10)16-4/h5-7H,1-4H3,(H,13,15). The third-order valence-corrected chi connectivity index (χ3v) is 1.90. The Hall–Kier alpha value is -2.04. The van der Waals surface area contributed by atoms with Crippen LogP contribution in [0, 0.1) is 6.92 Å². The van der Waals surface area contributed by atoms with Gasteiger partial charge in [0.1, 0.15) is 5.75 Å². The van der Waals surface area contributed by atoms with Gasteiger partial charge in [0.2, 0.25) is 0 Å². The van der Waals surface area contributed by atoms with Gasteiger partial charge in [-0.05, 0) is 38.5 Å². The summed E-state index contributed by atoms with van der Waals surface area (Å²) < 4.78 is 5.12. The van der Waals surface area contributed by atoms with Crippen LogP contribution in [0.2, 0.25) is 0 Å². The molecule has 92 valence electrons. The van der Waals surface area contributed by atoms with Crippen molar-refractivity contribution in [2.75, 3.05) is 12.4 Å². The fourth-order valence-corrected chi connectivity index (χ4v) is 1.19. The molecule has 0 aliphatic heterocycles. The van der Waals surface area contributed by atoms with E-state index in [4.69, 9.17) is 4.74 Å². The van der Waals surface area contributed by atoms with Crippen LogP contribution >= 0.6 is 0 Å². The first-order chi connectivity index (χ1) is 8.02. The van der Waals surface area contributed by atoms with E-state index in [1.807, 2.05) is 13.0 Å². The SMILES string of the molecule is COc1ccc(C)cc1NC(=O)ON=C(C)C. The van der Waals surface area contributed by atoms with Gasteiger partial charge in [0, 0.05) is 0 Å². The van der Waals surface area contributed by atoms with Crippen LogP contribution in [0.15, 0.2) is 23.4 Å².